The van der Waals surface area contributed by atoms with E-state index in [1.807, 2.05) is 37.5 Å². The quantitative estimate of drug-likeness (QED) is 0.479. The summed E-state index contributed by atoms with van der Waals surface area (Å²) in [5, 5.41) is 9.66. The molecule has 0 N–H and O–H groups in total. The molecule has 158 valence electrons. The SMILES string of the molecule is Cn1cc(-n2ccc(=O)c(Cc3ccc4ncc(OCC5CCOC5)cc4c3)n2)cn1. The van der Waals surface area contributed by atoms with Crippen LogP contribution in [-0.4, -0.2) is 44.4 Å². The number of nitrogens with zero attached hydrogens (tertiary/aromatic N) is 5. The third-order valence-corrected chi connectivity index (χ3v) is 5.44. The third-order valence-electron chi connectivity index (χ3n) is 5.44. The third kappa shape index (κ3) is 4.34. The van der Waals surface area contributed by atoms with E-state index >= 15 is 0 Å². The predicted molar refractivity (Wildman–Crippen MR) is 116 cm³/mol. The van der Waals surface area contributed by atoms with Crippen molar-refractivity contribution in [2.45, 2.75) is 12.8 Å². The van der Waals surface area contributed by atoms with Gasteiger partial charge in [0.05, 0.1) is 37.3 Å². The van der Waals surface area contributed by atoms with E-state index in [-0.39, 0.29) is 5.43 Å². The first-order valence-electron chi connectivity index (χ1n) is 10.3. The highest BCUT2D eigenvalue weighted by atomic mass is 16.5. The van der Waals surface area contributed by atoms with Gasteiger partial charge in [-0.15, -0.1) is 0 Å². The van der Waals surface area contributed by atoms with Crippen molar-refractivity contribution in [1.29, 1.82) is 0 Å². The van der Waals surface area contributed by atoms with Gasteiger partial charge in [-0.25, -0.2) is 4.68 Å². The molecule has 1 atom stereocenters. The summed E-state index contributed by atoms with van der Waals surface area (Å²) in [4.78, 5) is 16.9. The van der Waals surface area contributed by atoms with Gasteiger partial charge >= 0.3 is 0 Å². The molecule has 5 rings (SSSR count). The molecule has 1 aromatic carbocycles. The van der Waals surface area contributed by atoms with Crippen LogP contribution in [0.3, 0.4) is 0 Å². The molecule has 8 heteroatoms. The molecule has 8 nitrogen and oxygen atoms in total. The lowest BCUT2D eigenvalue weighted by atomic mass is 10.1. The van der Waals surface area contributed by atoms with Crippen LogP contribution in [0.4, 0.5) is 0 Å². The summed E-state index contributed by atoms with van der Waals surface area (Å²) in [6.07, 6.45) is 8.44. The maximum Gasteiger partial charge on any atom is 0.203 e. The molecule has 0 aliphatic carbocycles. The largest absolute Gasteiger partial charge is 0.492 e. The minimum absolute atomic E-state index is 0.0887. The first-order chi connectivity index (χ1) is 15.1. The van der Waals surface area contributed by atoms with Crippen molar-refractivity contribution >= 4 is 10.9 Å². The lowest BCUT2D eigenvalue weighted by Gasteiger charge is -2.11. The van der Waals surface area contributed by atoms with Crippen LogP contribution in [0.5, 0.6) is 5.75 Å². The highest BCUT2D eigenvalue weighted by Crippen LogP contribution is 2.22. The number of hydrogen-bond donors (Lipinski definition) is 0. The molecule has 1 fully saturated rings. The second-order valence-corrected chi connectivity index (χ2v) is 7.86. The molecule has 0 bridgehead atoms. The topological polar surface area (TPSA) is 84.1 Å². The van der Waals surface area contributed by atoms with Crippen LogP contribution in [0.1, 0.15) is 17.7 Å². The van der Waals surface area contributed by atoms with Gasteiger partial charge in [0.1, 0.15) is 17.1 Å². The summed E-state index contributed by atoms with van der Waals surface area (Å²) in [5.41, 5.74) is 3.07. The Balaban J connectivity index is 1.38. The lowest BCUT2D eigenvalue weighted by molar-refractivity contribution is 0.167. The van der Waals surface area contributed by atoms with Gasteiger partial charge in [0, 0.05) is 43.6 Å². The van der Waals surface area contributed by atoms with E-state index in [2.05, 4.69) is 15.2 Å². The van der Waals surface area contributed by atoms with E-state index in [0.29, 0.717) is 24.6 Å². The molecule has 0 radical (unpaired) electrons. The fourth-order valence-electron chi connectivity index (χ4n) is 3.71. The maximum atomic E-state index is 12.4. The van der Waals surface area contributed by atoms with E-state index < -0.39 is 0 Å². The average Bonchev–Trinajstić information content (AvgIpc) is 3.45. The van der Waals surface area contributed by atoms with E-state index in [9.17, 15) is 4.79 Å². The standard InChI is InChI=1S/C23H23N5O3/c1-27-13-19(11-25-27)28-6-4-23(29)22(26-28)9-16-2-3-21-18(8-16)10-20(12-24-21)31-15-17-5-7-30-14-17/h2-4,6,8,10-13,17H,5,7,9,14-15H2,1H3. The highest BCUT2D eigenvalue weighted by molar-refractivity contribution is 5.80. The second-order valence-electron chi connectivity index (χ2n) is 7.86. The molecule has 1 aliphatic heterocycles. The molecule has 31 heavy (non-hydrogen) atoms. The van der Waals surface area contributed by atoms with Crippen molar-refractivity contribution in [2.24, 2.45) is 13.0 Å². The average molecular weight is 417 g/mol. The van der Waals surface area contributed by atoms with Crippen LogP contribution in [0.15, 0.2) is 59.9 Å². The Morgan fingerprint density at radius 3 is 2.97 bits per heavy atom. The number of benzene rings is 1. The normalized spacial score (nSPS) is 16.1. The van der Waals surface area contributed by atoms with Crippen molar-refractivity contribution in [2.75, 3.05) is 19.8 Å². The summed E-state index contributed by atoms with van der Waals surface area (Å²) in [6.45, 7) is 2.20. The van der Waals surface area contributed by atoms with Crippen molar-refractivity contribution in [3.8, 4) is 11.4 Å². The molecule has 0 amide bonds. The number of hydrogen-bond acceptors (Lipinski definition) is 6. The second kappa shape index (κ2) is 8.31. The molecule has 4 aromatic rings. The van der Waals surface area contributed by atoms with Gasteiger partial charge in [-0.1, -0.05) is 6.07 Å². The fraction of sp³-hybridized carbons (Fsp3) is 0.304. The first-order valence-corrected chi connectivity index (χ1v) is 10.3. The van der Waals surface area contributed by atoms with E-state index in [4.69, 9.17) is 9.47 Å². The van der Waals surface area contributed by atoms with Crippen molar-refractivity contribution in [3.63, 3.8) is 0 Å². The Labute approximate surface area is 179 Å². The molecule has 0 spiro atoms. The number of aryl methyl sites for hydroxylation is 1. The lowest BCUT2D eigenvalue weighted by Crippen LogP contribution is -2.16. The van der Waals surface area contributed by atoms with Crippen LogP contribution in [0.2, 0.25) is 0 Å². The summed E-state index contributed by atoms with van der Waals surface area (Å²) in [7, 11) is 1.84. The Kier molecular flexibility index (Phi) is 5.21. The van der Waals surface area contributed by atoms with Gasteiger partial charge in [0.25, 0.3) is 0 Å². The molecule has 3 aromatic heterocycles. The van der Waals surface area contributed by atoms with E-state index in [0.717, 1.165) is 47.5 Å². The molecular formula is C23H23N5O3. The van der Waals surface area contributed by atoms with Gasteiger partial charge in [0.2, 0.25) is 5.43 Å². The van der Waals surface area contributed by atoms with Gasteiger partial charge in [0.15, 0.2) is 0 Å². The van der Waals surface area contributed by atoms with Gasteiger partial charge in [-0.3, -0.25) is 14.5 Å². The summed E-state index contributed by atoms with van der Waals surface area (Å²) in [5.74, 6) is 1.18. The van der Waals surface area contributed by atoms with Crippen molar-refractivity contribution in [3.05, 3.63) is 76.6 Å². The summed E-state index contributed by atoms with van der Waals surface area (Å²) < 4.78 is 14.7. The highest BCUT2D eigenvalue weighted by Gasteiger charge is 2.16. The maximum absolute atomic E-state index is 12.4. The Hall–Kier alpha value is -3.52. The zero-order valence-corrected chi connectivity index (χ0v) is 17.3. The predicted octanol–water partition coefficient (Wildman–Crippen LogP) is 2.52. The number of fused-ring (bicyclic) bond motifs is 1. The van der Waals surface area contributed by atoms with Crippen LogP contribution >= 0.6 is 0 Å². The Bertz CT molecular complexity index is 1270. The van der Waals surface area contributed by atoms with E-state index in [1.54, 1.807) is 28.0 Å². The molecule has 1 aliphatic rings. The van der Waals surface area contributed by atoms with Crippen LogP contribution in [-0.2, 0) is 18.2 Å². The summed E-state index contributed by atoms with van der Waals surface area (Å²) in [6, 6.07) is 9.51. The first kappa shape index (κ1) is 19.4. The summed E-state index contributed by atoms with van der Waals surface area (Å²) >= 11 is 0. The number of ether oxygens (including phenoxy) is 2. The van der Waals surface area contributed by atoms with Crippen molar-refractivity contribution in [1.82, 2.24) is 24.5 Å². The number of aromatic nitrogens is 5. The minimum atomic E-state index is -0.0887. The monoisotopic (exact) mass is 417 g/mol. The molecular weight excluding hydrogens is 394 g/mol. The van der Waals surface area contributed by atoms with Gasteiger partial charge in [-0.05, 0) is 30.2 Å². The van der Waals surface area contributed by atoms with Gasteiger partial charge < -0.3 is 9.47 Å². The Morgan fingerprint density at radius 1 is 1.23 bits per heavy atom. The molecule has 1 unspecified atom stereocenters. The Morgan fingerprint density at radius 2 is 2.16 bits per heavy atom. The van der Waals surface area contributed by atoms with Crippen molar-refractivity contribution < 1.29 is 9.47 Å². The number of rotatable bonds is 6. The van der Waals surface area contributed by atoms with Crippen LogP contribution < -0.4 is 10.2 Å². The van der Waals surface area contributed by atoms with Crippen LogP contribution in [0.25, 0.3) is 16.6 Å². The fourth-order valence-corrected chi connectivity index (χ4v) is 3.71. The smallest absolute Gasteiger partial charge is 0.203 e. The number of pyridine rings is 1. The zero-order valence-electron chi connectivity index (χ0n) is 17.3. The molecule has 1 saturated heterocycles. The molecule has 4 heterocycles. The van der Waals surface area contributed by atoms with Crippen LogP contribution in [0, 0.1) is 5.92 Å². The minimum Gasteiger partial charge on any atom is -0.492 e. The zero-order chi connectivity index (χ0) is 21.2. The molecule has 0 saturated carbocycles. The van der Waals surface area contributed by atoms with Gasteiger partial charge in [-0.2, -0.15) is 10.2 Å². The van der Waals surface area contributed by atoms with E-state index in [1.165, 1.54) is 6.07 Å².